The lowest BCUT2D eigenvalue weighted by Gasteiger charge is -2.35. The van der Waals surface area contributed by atoms with Gasteiger partial charge >= 0.3 is 0 Å². The van der Waals surface area contributed by atoms with Crippen molar-refractivity contribution in [3.8, 4) is 23.3 Å². The molecule has 8 aromatic carbocycles. The molecule has 1 unspecified atom stereocenters. The third-order valence-corrected chi connectivity index (χ3v) is 14.6. The molecule has 1 atom stereocenters. The number of hydrogen-bond acceptors (Lipinski definition) is 3. The van der Waals surface area contributed by atoms with Gasteiger partial charge in [0.1, 0.15) is 0 Å². The molecular formula is C53H39N5Si. The van der Waals surface area contributed by atoms with E-state index in [0.717, 1.165) is 9.13 Å². The van der Waals surface area contributed by atoms with Crippen molar-refractivity contribution in [1.82, 2.24) is 24.1 Å². The van der Waals surface area contributed by atoms with Crippen LogP contribution in [0.2, 0.25) is 0 Å². The van der Waals surface area contributed by atoms with E-state index in [4.69, 9.17) is 33.3 Å². The second-order valence-corrected chi connectivity index (χ2v) is 17.0. The maximum atomic E-state index is 10.6. The van der Waals surface area contributed by atoms with Gasteiger partial charge < -0.3 is 0 Å². The molecule has 0 aliphatic heterocycles. The highest BCUT2D eigenvalue weighted by Crippen LogP contribution is 2.34. The number of aromatic nitrogens is 5. The van der Waals surface area contributed by atoms with Gasteiger partial charge in [-0.1, -0.05) is 187 Å². The summed E-state index contributed by atoms with van der Waals surface area (Å²) in [5.74, 6) is -2.72. The number of nitrogens with zero attached hydrogens (tertiary/aromatic N) is 5. The fourth-order valence-corrected chi connectivity index (χ4v) is 11.9. The molecule has 0 N–H and O–H groups in total. The van der Waals surface area contributed by atoms with Gasteiger partial charge in [0.25, 0.3) is 0 Å². The van der Waals surface area contributed by atoms with Crippen LogP contribution < -0.4 is 20.7 Å². The Bertz CT molecular complexity index is 4540. The number of benzene rings is 8. The van der Waals surface area contributed by atoms with Crippen molar-refractivity contribution < 1.29 is 37.0 Å². The molecule has 280 valence electrons. The van der Waals surface area contributed by atoms with Gasteiger partial charge in [0.15, 0.2) is 13.9 Å². The van der Waals surface area contributed by atoms with Crippen LogP contribution in [-0.2, 0) is 0 Å². The van der Waals surface area contributed by atoms with Gasteiger partial charge in [-0.25, -0.2) is 0 Å². The van der Waals surface area contributed by atoms with Crippen LogP contribution in [0.15, 0.2) is 200 Å². The summed E-state index contributed by atoms with van der Waals surface area (Å²) in [6.45, 7) is -1.65. The first-order valence-electron chi connectivity index (χ1n) is 31.4. The molecule has 0 radical (unpaired) electrons. The van der Waals surface area contributed by atoms with Crippen molar-refractivity contribution >= 4 is 72.4 Å². The Morgan fingerprint density at radius 3 is 1.51 bits per heavy atom. The smallest absolute Gasteiger partial charge is 0.240 e. The minimum atomic E-state index is -5.16. The number of para-hydroxylation sites is 4. The molecule has 0 spiro atoms. The first-order chi connectivity index (χ1) is 40.3. The van der Waals surface area contributed by atoms with Crippen molar-refractivity contribution in [2.24, 2.45) is 0 Å². The summed E-state index contributed by atoms with van der Waals surface area (Å²) in [6.07, 6.45) is 0. The van der Waals surface area contributed by atoms with Crippen LogP contribution in [0.5, 0.6) is 0 Å². The van der Waals surface area contributed by atoms with Crippen molar-refractivity contribution in [3.05, 3.63) is 211 Å². The summed E-state index contributed by atoms with van der Waals surface area (Å²) >= 11 is 0. The fourth-order valence-electron chi connectivity index (χ4n) is 7.50. The van der Waals surface area contributed by atoms with Crippen molar-refractivity contribution in [2.45, 2.75) is 13.8 Å². The van der Waals surface area contributed by atoms with E-state index in [0.29, 0.717) is 5.56 Å². The van der Waals surface area contributed by atoms with Crippen LogP contribution in [-0.4, -0.2) is 32.2 Å². The Hall–Kier alpha value is -7.41. The van der Waals surface area contributed by atoms with Crippen LogP contribution in [0, 0.1) is 13.8 Å². The SMILES string of the molecule is [2H]c1c([2H])c([2H])c([Si](c2ccccc2)(c2ccc(C)cc2)c2c([2H])c([2H])c([2H])c(-c3nc(-n4c5c([2H])c([2H])c([2H])c([2H])c5c5c([2H])c([2H])c([2H])c([2H])c54)nc(-n4c5c([2H])c([2H])c([2H])c([2H])c5c5c([2H])c([2H])c([2H])c([2H])c54)n3)c2[2H])c(C([2H])([2H])[2H])c1[2H]. The Morgan fingerprint density at radius 1 is 0.475 bits per heavy atom. The average molecular weight is 801 g/mol. The Kier molecular flexibility index (Phi) is 3.96. The van der Waals surface area contributed by atoms with Crippen molar-refractivity contribution in [1.29, 1.82) is 0 Å². The average Bonchev–Trinajstić information content (AvgIpc) is 0.981. The van der Waals surface area contributed by atoms with Gasteiger partial charge in [-0.2, -0.15) is 15.0 Å². The summed E-state index contributed by atoms with van der Waals surface area (Å²) in [7, 11) is -5.16. The molecule has 11 rings (SSSR count). The van der Waals surface area contributed by atoms with Crippen LogP contribution in [0.4, 0.5) is 0 Å². The Morgan fingerprint density at radius 2 is 0.966 bits per heavy atom. The molecule has 0 aliphatic rings. The largest absolute Gasteiger partial charge is 0.278 e. The van der Waals surface area contributed by atoms with Gasteiger partial charge in [0, 0.05) is 31.2 Å². The molecule has 6 heteroatoms. The lowest BCUT2D eigenvalue weighted by Crippen LogP contribution is -2.75. The van der Waals surface area contributed by atoms with Gasteiger partial charge in [-0.05, 0) is 58.7 Å². The van der Waals surface area contributed by atoms with Crippen LogP contribution in [0.25, 0.3) is 66.9 Å². The third kappa shape index (κ3) is 5.48. The Balaban J connectivity index is 1.44. The molecule has 5 nitrogen and oxygen atoms in total. The molecule has 3 heterocycles. The molecule has 3 aromatic heterocycles. The van der Waals surface area contributed by atoms with E-state index in [1.54, 1.807) is 25.1 Å². The fraction of sp³-hybridized carbons (Fsp3) is 0.0377. The lowest BCUT2D eigenvalue weighted by molar-refractivity contribution is 0.893. The highest BCUT2D eigenvalue weighted by atomic mass is 28.3. The topological polar surface area (TPSA) is 48.5 Å². The van der Waals surface area contributed by atoms with Gasteiger partial charge in [0.05, 0.1) is 55.0 Å². The summed E-state index contributed by atoms with van der Waals surface area (Å²) in [4.78, 5) is 14.1. The van der Waals surface area contributed by atoms with E-state index in [9.17, 15) is 13.7 Å². The zero-order valence-electron chi connectivity index (χ0n) is 57.4. The van der Waals surface area contributed by atoms with Crippen molar-refractivity contribution in [2.75, 3.05) is 0 Å². The second-order valence-electron chi connectivity index (χ2n) is 13.3. The van der Waals surface area contributed by atoms with Crippen LogP contribution >= 0.6 is 0 Å². The maximum absolute atomic E-state index is 10.6. The normalized spacial score (nSPS) is 19.4. The van der Waals surface area contributed by atoms with E-state index >= 15 is 0 Å². The lowest BCUT2D eigenvalue weighted by atomic mass is 10.2. The zero-order valence-corrected chi connectivity index (χ0v) is 31.4. The second kappa shape index (κ2) is 13.9. The first-order valence-corrected chi connectivity index (χ1v) is 19.9. The minimum Gasteiger partial charge on any atom is -0.278 e. The molecule has 0 bridgehead atoms. The van der Waals surface area contributed by atoms with E-state index in [1.165, 1.54) is 36.4 Å². The highest BCUT2D eigenvalue weighted by molar-refractivity contribution is 7.20. The minimum absolute atomic E-state index is 0.101. The number of hydrogen-bond donors (Lipinski definition) is 0. The summed E-state index contributed by atoms with van der Waals surface area (Å²) in [5.41, 5.74) is -3.49. The predicted molar refractivity (Wildman–Crippen MR) is 247 cm³/mol. The number of fused-ring (bicyclic) bond motifs is 6. The molecule has 0 fully saturated rings. The van der Waals surface area contributed by atoms with Crippen LogP contribution in [0.3, 0.4) is 0 Å². The summed E-state index contributed by atoms with van der Waals surface area (Å²) in [6, 6.07) is -7.36. The van der Waals surface area contributed by atoms with E-state index in [2.05, 4.69) is 4.98 Å². The third-order valence-electron chi connectivity index (χ3n) is 10.1. The first kappa shape index (κ1) is 16.8. The molecular weight excluding hydrogens is 735 g/mol. The van der Waals surface area contributed by atoms with Gasteiger partial charge in [-0.3, -0.25) is 9.13 Å². The molecule has 0 aliphatic carbocycles. The van der Waals surface area contributed by atoms with E-state index < -0.39 is 243 Å². The molecule has 11 aromatic rings. The van der Waals surface area contributed by atoms with Gasteiger partial charge in [0.2, 0.25) is 11.9 Å². The summed E-state index contributed by atoms with van der Waals surface area (Å²) < 4.78 is 249. The van der Waals surface area contributed by atoms with Crippen LogP contribution in [0.1, 0.15) is 48.1 Å². The quantitative estimate of drug-likeness (QED) is 0.119. The van der Waals surface area contributed by atoms with E-state index in [1.807, 2.05) is 0 Å². The van der Waals surface area contributed by atoms with E-state index in [-0.39, 0.29) is 10.4 Å². The monoisotopic (exact) mass is 800 g/mol. The predicted octanol–water partition coefficient (Wildman–Crippen LogP) is 9.73. The maximum Gasteiger partial charge on any atom is 0.240 e. The number of aryl methyl sites for hydroxylation is 1. The van der Waals surface area contributed by atoms with Crippen molar-refractivity contribution in [3.63, 3.8) is 0 Å². The molecule has 0 saturated heterocycles. The highest BCUT2D eigenvalue weighted by Gasteiger charge is 2.42. The number of rotatable bonds is 7. The molecule has 59 heavy (non-hydrogen) atoms. The molecule has 0 saturated carbocycles. The van der Waals surface area contributed by atoms with Gasteiger partial charge in [-0.15, -0.1) is 0 Å². The zero-order chi connectivity index (χ0) is 62.9. The standard InChI is InChI=1S/C53H39N5Si/c1-36-31-33-40(34-32-36)59(39-19-4-3-5-20-39,50-30-15-6-17-37(50)2)41-21-16-18-38(35-41)51-54-52(57-46-26-11-7-22-42(46)43-23-8-12-27-47(43)57)56-53(55-51)58-48-28-13-9-24-44(48)45-25-10-14-29-49(45)58/h3-35H,1-2H3/i2D3,6D,7D,8D,9D,10D,11D,12D,13D,14D,15D,16D,17D,18D,21D,22D,23D,24D,25D,26D,27D,28D,29D,30D,35D. The molecule has 0 amide bonds. The summed E-state index contributed by atoms with van der Waals surface area (Å²) in [5, 5.41) is -2.90. The Labute approximate surface area is 381 Å².